The minimum Gasteiger partial charge on any atom is -0.362 e. The third-order valence-electron chi connectivity index (χ3n) is 5.13. The molecule has 0 atom stereocenters. The van der Waals surface area contributed by atoms with E-state index in [1.807, 2.05) is 24.3 Å². The minimum absolute atomic E-state index is 0.447. The van der Waals surface area contributed by atoms with Gasteiger partial charge < -0.3 is 4.90 Å². The molecule has 4 nitrogen and oxygen atoms in total. The summed E-state index contributed by atoms with van der Waals surface area (Å²) < 4.78 is 25.7. The average Bonchev–Trinajstić information content (AvgIpc) is 2.90. The zero-order valence-corrected chi connectivity index (χ0v) is 15.7. The Labute approximate surface area is 155 Å². The Kier molecular flexibility index (Phi) is 4.83. The van der Waals surface area contributed by atoms with Gasteiger partial charge in [0.15, 0.2) is 0 Å². The highest BCUT2D eigenvalue weighted by atomic mass is 32.2. The summed E-state index contributed by atoms with van der Waals surface area (Å²) in [6.45, 7) is 4.51. The molecule has 136 valence electrons. The summed E-state index contributed by atoms with van der Waals surface area (Å²) in [5.74, 6) is 0. The van der Waals surface area contributed by atoms with Gasteiger partial charge in [0.1, 0.15) is 5.03 Å². The van der Waals surface area contributed by atoms with Crippen LogP contribution in [-0.2, 0) is 16.4 Å². The number of nitrogens with zero attached hydrogens (tertiary/aromatic N) is 2. The number of benzene rings is 2. The molecule has 1 fully saturated rings. The molecule has 0 bridgehead atoms. The van der Waals surface area contributed by atoms with E-state index in [1.54, 1.807) is 12.1 Å². The van der Waals surface area contributed by atoms with Crippen LogP contribution in [0.5, 0.6) is 0 Å². The number of sulfone groups is 1. The van der Waals surface area contributed by atoms with E-state index in [4.69, 9.17) is 0 Å². The van der Waals surface area contributed by atoms with Crippen molar-refractivity contribution in [2.75, 3.05) is 26.2 Å². The Morgan fingerprint density at radius 1 is 0.808 bits per heavy atom. The molecule has 0 radical (unpaired) electrons. The lowest BCUT2D eigenvalue weighted by Crippen LogP contribution is -2.37. The van der Waals surface area contributed by atoms with E-state index in [0.717, 1.165) is 51.1 Å². The van der Waals surface area contributed by atoms with Gasteiger partial charge in [-0.15, -0.1) is 0 Å². The standard InChI is InChI=1S/C21H24N2O2S/c24-26(25)20-11-5-4-10-19(20)16-21(26)23-14-6-12-22(13-7-15-23)17-18-8-2-1-3-9-18/h1-5,8-11,16H,6-7,12-15,17H2. The first-order valence-electron chi connectivity index (χ1n) is 9.22. The van der Waals surface area contributed by atoms with Crippen molar-refractivity contribution in [2.45, 2.75) is 24.3 Å². The van der Waals surface area contributed by atoms with Crippen LogP contribution in [-0.4, -0.2) is 44.4 Å². The number of hydrogen-bond acceptors (Lipinski definition) is 4. The molecule has 0 aliphatic carbocycles. The smallest absolute Gasteiger partial charge is 0.222 e. The van der Waals surface area contributed by atoms with Crippen LogP contribution in [0, 0.1) is 0 Å². The Balaban J connectivity index is 1.43. The maximum absolute atomic E-state index is 12.9. The zero-order valence-electron chi connectivity index (χ0n) is 14.8. The van der Waals surface area contributed by atoms with Gasteiger partial charge in [-0.2, -0.15) is 0 Å². The Hall–Kier alpha value is -2.11. The molecule has 5 heteroatoms. The van der Waals surface area contributed by atoms with Crippen molar-refractivity contribution in [2.24, 2.45) is 0 Å². The molecule has 26 heavy (non-hydrogen) atoms. The normalized spacial score (nSPS) is 20.2. The molecule has 0 unspecified atom stereocenters. The van der Waals surface area contributed by atoms with Gasteiger partial charge in [-0.05, 0) is 36.1 Å². The van der Waals surface area contributed by atoms with Crippen molar-refractivity contribution in [1.29, 1.82) is 0 Å². The lowest BCUT2D eigenvalue weighted by Gasteiger charge is -2.32. The van der Waals surface area contributed by atoms with E-state index in [-0.39, 0.29) is 0 Å². The molecular formula is C21H24N2O2S. The van der Waals surface area contributed by atoms with Crippen molar-refractivity contribution in [1.82, 2.24) is 9.80 Å². The topological polar surface area (TPSA) is 40.6 Å². The molecule has 2 aromatic carbocycles. The maximum atomic E-state index is 12.9. The third kappa shape index (κ3) is 3.41. The highest BCUT2D eigenvalue weighted by Gasteiger charge is 2.33. The molecule has 0 amide bonds. The molecule has 0 spiro atoms. The van der Waals surface area contributed by atoms with Crippen molar-refractivity contribution in [3.63, 3.8) is 0 Å². The van der Waals surface area contributed by atoms with Crippen molar-refractivity contribution in [3.8, 4) is 0 Å². The molecule has 0 N–H and O–H groups in total. The van der Waals surface area contributed by atoms with Gasteiger partial charge >= 0.3 is 0 Å². The Bertz CT molecular complexity index is 897. The van der Waals surface area contributed by atoms with E-state index in [9.17, 15) is 8.42 Å². The van der Waals surface area contributed by atoms with Crippen molar-refractivity contribution < 1.29 is 8.42 Å². The van der Waals surface area contributed by atoms with Gasteiger partial charge in [0.25, 0.3) is 0 Å². The average molecular weight is 369 g/mol. The molecule has 2 aliphatic heterocycles. The zero-order chi connectivity index (χ0) is 18.0. The Morgan fingerprint density at radius 2 is 1.46 bits per heavy atom. The van der Waals surface area contributed by atoms with Gasteiger partial charge in [-0.1, -0.05) is 48.5 Å². The largest absolute Gasteiger partial charge is 0.362 e. The van der Waals surface area contributed by atoms with Crippen LogP contribution in [0.4, 0.5) is 0 Å². The van der Waals surface area contributed by atoms with Gasteiger partial charge in [-0.3, -0.25) is 4.90 Å². The highest BCUT2D eigenvalue weighted by Crippen LogP contribution is 2.34. The quantitative estimate of drug-likeness (QED) is 0.833. The Morgan fingerprint density at radius 3 is 2.15 bits per heavy atom. The van der Waals surface area contributed by atoms with Gasteiger partial charge in [0, 0.05) is 32.7 Å². The van der Waals surface area contributed by atoms with Crippen LogP contribution in [0.25, 0.3) is 6.08 Å². The summed E-state index contributed by atoms with van der Waals surface area (Å²) in [7, 11) is -3.36. The van der Waals surface area contributed by atoms with Gasteiger partial charge in [-0.25, -0.2) is 8.42 Å². The molecule has 1 saturated heterocycles. The molecule has 2 heterocycles. The first kappa shape index (κ1) is 17.3. The second kappa shape index (κ2) is 7.25. The second-order valence-electron chi connectivity index (χ2n) is 6.98. The summed E-state index contributed by atoms with van der Waals surface area (Å²) in [6, 6.07) is 17.8. The first-order chi connectivity index (χ1) is 12.6. The van der Waals surface area contributed by atoms with Crippen LogP contribution in [0.1, 0.15) is 24.0 Å². The monoisotopic (exact) mass is 368 g/mol. The SMILES string of the molecule is O=S1(=O)C(N2CCCN(Cc3ccccc3)CCC2)=Cc2ccccc21. The van der Waals surface area contributed by atoms with Crippen molar-refractivity contribution in [3.05, 3.63) is 70.8 Å². The summed E-state index contributed by atoms with van der Waals surface area (Å²) in [6.07, 6.45) is 3.78. The fraction of sp³-hybridized carbons (Fsp3) is 0.333. The lowest BCUT2D eigenvalue weighted by molar-refractivity contribution is 0.204. The molecule has 2 aliphatic rings. The second-order valence-corrected chi connectivity index (χ2v) is 8.84. The van der Waals surface area contributed by atoms with E-state index in [0.29, 0.717) is 9.92 Å². The number of rotatable bonds is 3. The predicted octanol–water partition coefficient (Wildman–Crippen LogP) is 3.37. The highest BCUT2D eigenvalue weighted by molar-refractivity contribution is 7.95. The summed E-state index contributed by atoms with van der Waals surface area (Å²) in [5, 5.41) is 0.482. The van der Waals surface area contributed by atoms with Crippen LogP contribution in [0.3, 0.4) is 0 Å². The lowest BCUT2D eigenvalue weighted by atomic mass is 10.2. The predicted molar refractivity (Wildman–Crippen MR) is 104 cm³/mol. The molecule has 0 saturated carbocycles. The van der Waals surface area contributed by atoms with Crippen LogP contribution in [0.2, 0.25) is 0 Å². The van der Waals surface area contributed by atoms with E-state index >= 15 is 0 Å². The molecule has 0 aromatic heterocycles. The van der Waals surface area contributed by atoms with E-state index in [2.05, 4.69) is 34.1 Å². The van der Waals surface area contributed by atoms with Gasteiger partial charge in [0.05, 0.1) is 4.90 Å². The fourth-order valence-corrected chi connectivity index (χ4v) is 5.57. The maximum Gasteiger partial charge on any atom is 0.222 e. The fourth-order valence-electron chi connectivity index (χ4n) is 3.84. The number of hydrogen-bond donors (Lipinski definition) is 0. The molecule has 4 rings (SSSR count). The minimum atomic E-state index is -3.36. The third-order valence-corrected chi connectivity index (χ3v) is 7.01. The van der Waals surface area contributed by atoms with Gasteiger partial charge in [0.2, 0.25) is 9.84 Å². The van der Waals surface area contributed by atoms with E-state index in [1.165, 1.54) is 5.56 Å². The van der Waals surface area contributed by atoms with Crippen LogP contribution < -0.4 is 0 Å². The molecular weight excluding hydrogens is 344 g/mol. The summed E-state index contributed by atoms with van der Waals surface area (Å²) in [5.41, 5.74) is 2.15. The van der Waals surface area contributed by atoms with Crippen LogP contribution >= 0.6 is 0 Å². The summed E-state index contributed by atoms with van der Waals surface area (Å²) in [4.78, 5) is 4.98. The summed E-state index contributed by atoms with van der Waals surface area (Å²) >= 11 is 0. The number of fused-ring (bicyclic) bond motifs is 1. The molecule has 2 aromatic rings. The van der Waals surface area contributed by atoms with Crippen molar-refractivity contribution >= 4 is 15.9 Å². The van der Waals surface area contributed by atoms with E-state index < -0.39 is 9.84 Å². The van der Waals surface area contributed by atoms with Crippen LogP contribution in [0.15, 0.2) is 64.5 Å². The first-order valence-corrected chi connectivity index (χ1v) is 10.7.